The first-order valence-electron chi connectivity index (χ1n) is 6.85. The van der Waals surface area contributed by atoms with Crippen LogP contribution in [0, 0.1) is 0 Å². The van der Waals surface area contributed by atoms with Crippen LogP contribution in [-0.4, -0.2) is 15.3 Å². The van der Waals surface area contributed by atoms with Crippen LogP contribution in [0.4, 0.5) is 0 Å². The van der Waals surface area contributed by atoms with Gasteiger partial charge < -0.3 is 0 Å². The lowest BCUT2D eigenvalue weighted by Gasteiger charge is -2.06. The fourth-order valence-electron chi connectivity index (χ4n) is 2.22. The Balaban J connectivity index is 1.97. The van der Waals surface area contributed by atoms with Gasteiger partial charge in [-0.25, -0.2) is 4.98 Å². The maximum absolute atomic E-state index is 12.5. The van der Waals surface area contributed by atoms with Crippen LogP contribution >= 0.6 is 22.9 Å². The largest absolute Gasteiger partial charge is 0.292 e. The van der Waals surface area contributed by atoms with Gasteiger partial charge in [-0.05, 0) is 24.6 Å². The number of benzene rings is 1. The molecule has 0 aliphatic rings. The van der Waals surface area contributed by atoms with Crippen LogP contribution in [0.2, 0.25) is 5.02 Å². The maximum Gasteiger partial charge on any atom is 0.262 e. The summed E-state index contributed by atoms with van der Waals surface area (Å²) in [6.07, 6.45) is 2.29. The summed E-state index contributed by atoms with van der Waals surface area (Å²) in [4.78, 5) is 30.9. The molecule has 2 heterocycles. The van der Waals surface area contributed by atoms with E-state index in [0.29, 0.717) is 20.8 Å². The van der Waals surface area contributed by atoms with Crippen molar-refractivity contribution in [2.24, 2.45) is 0 Å². The van der Waals surface area contributed by atoms with Gasteiger partial charge in [0.1, 0.15) is 4.83 Å². The number of thiophene rings is 1. The SMILES string of the molecule is CCc1cc2c(=O)n(CC(=O)c3ccccc3Cl)cnc2s1. The van der Waals surface area contributed by atoms with E-state index in [4.69, 9.17) is 11.6 Å². The van der Waals surface area contributed by atoms with E-state index in [-0.39, 0.29) is 17.9 Å². The van der Waals surface area contributed by atoms with E-state index >= 15 is 0 Å². The number of rotatable bonds is 4. The Hall–Kier alpha value is -1.98. The number of Topliss-reactive ketones (excluding diaryl/α,β-unsaturated/α-hetero) is 1. The summed E-state index contributed by atoms with van der Waals surface area (Å²) in [7, 11) is 0. The van der Waals surface area contributed by atoms with Gasteiger partial charge in [-0.1, -0.05) is 30.7 Å². The molecule has 0 amide bonds. The van der Waals surface area contributed by atoms with E-state index in [2.05, 4.69) is 4.98 Å². The standard InChI is InChI=1S/C16H13ClN2O2S/c1-2-10-7-12-15(22-10)18-9-19(16(12)21)8-14(20)11-5-3-4-6-13(11)17/h3-7,9H,2,8H2,1H3. The summed E-state index contributed by atoms with van der Waals surface area (Å²) >= 11 is 7.53. The van der Waals surface area contributed by atoms with Gasteiger partial charge in [-0.3, -0.25) is 14.2 Å². The molecule has 22 heavy (non-hydrogen) atoms. The average Bonchev–Trinajstić information content (AvgIpc) is 2.94. The van der Waals surface area contributed by atoms with E-state index in [1.54, 1.807) is 24.3 Å². The first-order valence-corrected chi connectivity index (χ1v) is 8.05. The molecule has 6 heteroatoms. The third-order valence-electron chi connectivity index (χ3n) is 3.41. The molecule has 0 bridgehead atoms. The molecule has 0 fully saturated rings. The second-order valence-electron chi connectivity index (χ2n) is 4.87. The fourth-order valence-corrected chi connectivity index (χ4v) is 3.39. The number of hydrogen-bond acceptors (Lipinski definition) is 4. The first kappa shape index (κ1) is 14.9. The zero-order valence-corrected chi connectivity index (χ0v) is 13.4. The number of hydrogen-bond donors (Lipinski definition) is 0. The minimum atomic E-state index is -0.209. The molecule has 2 aromatic heterocycles. The molecule has 0 unspecified atom stereocenters. The van der Waals surface area contributed by atoms with Crippen molar-refractivity contribution in [1.29, 1.82) is 0 Å². The first-order chi connectivity index (χ1) is 10.6. The summed E-state index contributed by atoms with van der Waals surface area (Å²) in [5.74, 6) is -0.209. The number of ketones is 1. The smallest absolute Gasteiger partial charge is 0.262 e. The highest BCUT2D eigenvalue weighted by Gasteiger charge is 2.13. The lowest BCUT2D eigenvalue weighted by atomic mass is 10.1. The minimum absolute atomic E-state index is 0.0667. The Morgan fingerprint density at radius 3 is 2.86 bits per heavy atom. The third kappa shape index (κ3) is 2.69. The molecule has 3 rings (SSSR count). The van der Waals surface area contributed by atoms with Crippen molar-refractivity contribution in [1.82, 2.24) is 9.55 Å². The predicted molar refractivity (Wildman–Crippen MR) is 89.0 cm³/mol. The monoisotopic (exact) mass is 332 g/mol. The van der Waals surface area contributed by atoms with Crippen LogP contribution in [0.3, 0.4) is 0 Å². The fraction of sp³-hybridized carbons (Fsp3) is 0.188. The molecule has 0 aliphatic heterocycles. The van der Waals surface area contributed by atoms with Crippen molar-refractivity contribution in [3.63, 3.8) is 0 Å². The van der Waals surface area contributed by atoms with E-state index in [1.165, 1.54) is 22.2 Å². The van der Waals surface area contributed by atoms with Crippen LogP contribution in [0.25, 0.3) is 10.2 Å². The number of carbonyl (C=O) groups excluding carboxylic acids is 1. The predicted octanol–water partition coefficient (Wildman–Crippen LogP) is 3.56. The molecule has 0 saturated heterocycles. The van der Waals surface area contributed by atoms with Crippen LogP contribution in [-0.2, 0) is 13.0 Å². The van der Waals surface area contributed by atoms with Crippen molar-refractivity contribution < 1.29 is 4.79 Å². The van der Waals surface area contributed by atoms with Crippen LogP contribution < -0.4 is 5.56 Å². The third-order valence-corrected chi connectivity index (χ3v) is 4.92. The highest BCUT2D eigenvalue weighted by Crippen LogP contribution is 2.21. The van der Waals surface area contributed by atoms with Crippen molar-refractivity contribution in [2.75, 3.05) is 0 Å². The van der Waals surface area contributed by atoms with Crippen LogP contribution in [0.5, 0.6) is 0 Å². The Morgan fingerprint density at radius 2 is 2.14 bits per heavy atom. The number of nitrogens with zero attached hydrogens (tertiary/aromatic N) is 2. The minimum Gasteiger partial charge on any atom is -0.292 e. The van der Waals surface area contributed by atoms with Crippen LogP contribution in [0.1, 0.15) is 22.2 Å². The number of halogens is 1. The van der Waals surface area contributed by atoms with Crippen molar-refractivity contribution in [3.8, 4) is 0 Å². The second kappa shape index (κ2) is 6.02. The summed E-state index contributed by atoms with van der Waals surface area (Å²) < 4.78 is 1.33. The summed E-state index contributed by atoms with van der Waals surface area (Å²) in [6, 6.07) is 8.67. The van der Waals surface area contributed by atoms with Crippen molar-refractivity contribution in [3.05, 3.63) is 62.5 Å². The normalized spacial score (nSPS) is 11.0. The molecular formula is C16H13ClN2O2S. The molecule has 0 aliphatic carbocycles. The van der Waals surface area contributed by atoms with Gasteiger partial charge in [0, 0.05) is 10.4 Å². The summed E-state index contributed by atoms with van der Waals surface area (Å²) in [5.41, 5.74) is 0.220. The van der Waals surface area contributed by atoms with E-state index in [1.807, 2.05) is 13.0 Å². The molecular weight excluding hydrogens is 320 g/mol. The van der Waals surface area contributed by atoms with E-state index in [9.17, 15) is 9.59 Å². The number of fused-ring (bicyclic) bond motifs is 1. The van der Waals surface area contributed by atoms with Crippen molar-refractivity contribution >= 4 is 38.9 Å². The molecule has 0 saturated carbocycles. The van der Waals surface area contributed by atoms with E-state index < -0.39 is 0 Å². The molecule has 1 aromatic carbocycles. The van der Waals surface area contributed by atoms with Gasteiger partial charge in [0.15, 0.2) is 5.78 Å². The molecule has 112 valence electrons. The Labute approximate surface area is 136 Å². The van der Waals surface area contributed by atoms with Gasteiger partial charge in [0.05, 0.1) is 23.3 Å². The number of carbonyl (C=O) groups is 1. The topological polar surface area (TPSA) is 52.0 Å². The average molecular weight is 333 g/mol. The highest BCUT2D eigenvalue weighted by molar-refractivity contribution is 7.18. The Morgan fingerprint density at radius 1 is 1.36 bits per heavy atom. The number of aryl methyl sites for hydroxylation is 1. The Kier molecular flexibility index (Phi) is 4.09. The maximum atomic E-state index is 12.5. The van der Waals surface area contributed by atoms with Gasteiger partial charge in [-0.2, -0.15) is 0 Å². The van der Waals surface area contributed by atoms with Crippen LogP contribution in [0.15, 0.2) is 41.5 Å². The molecule has 0 atom stereocenters. The molecule has 0 radical (unpaired) electrons. The highest BCUT2D eigenvalue weighted by atomic mass is 35.5. The molecule has 0 N–H and O–H groups in total. The quantitative estimate of drug-likeness (QED) is 0.686. The van der Waals surface area contributed by atoms with Gasteiger partial charge in [0.25, 0.3) is 5.56 Å². The lowest BCUT2D eigenvalue weighted by Crippen LogP contribution is -2.24. The lowest BCUT2D eigenvalue weighted by molar-refractivity contribution is 0.0971. The van der Waals surface area contributed by atoms with Gasteiger partial charge in [-0.15, -0.1) is 11.3 Å². The summed E-state index contributed by atoms with van der Waals surface area (Å²) in [5, 5.41) is 0.953. The zero-order valence-electron chi connectivity index (χ0n) is 11.9. The molecule has 4 nitrogen and oxygen atoms in total. The van der Waals surface area contributed by atoms with Gasteiger partial charge >= 0.3 is 0 Å². The number of aromatic nitrogens is 2. The molecule has 3 aromatic rings. The zero-order chi connectivity index (χ0) is 15.7. The summed E-state index contributed by atoms with van der Waals surface area (Å²) in [6.45, 7) is 1.97. The van der Waals surface area contributed by atoms with Crippen molar-refractivity contribution in [2.45, 2.75) is 19.9 Å². The van der Waals surface area contributed by atoms with E-state index in [0.717, 1.165) is 11.3 Å². The Bertz CT molecular complexity index is 914. The molecule has 0 spiro atoms. The van der Waals surface area contributed by atoms with Gasteiger partial charge in [0.2, 0.25) is 0 Å². The second-order valence-corrected chi connectivity index (χ2v) is 6.39.